The molecule has 0 bridgehead atoms. The second-order valence-electron chi connectivity index (χ2n) is 11.9. The van der Waals surface area contributed by atoms with Crippen molar-refractivity contribution in [2.75, 3.05) is 27.3 Å². The Hall–Kier alpha value is -4.05. The van der Waals surface area contributed by atoms with Crippen LogP contribution in [0.15, 0.2) is 53.3 Å². The number of carbonyl (C=O) groups is 2. The molecule has 276 valence electrons. The van der Waals surface area contributed by atoms with Gasteiger partial charge >= 0.3 is 11.9 Å². The number of esters is 2. The number of aromatic nitrogens is 4. The SMILES string of the molecule is C1CCNNC1.COC(=O)C(C(=O)OC)c1nc(-c2ccc(Cl)cc2)sc1C.Cc1sc(-c2ccc(Cl)cc2)nc1-c1c(O)n2n(c1=O)CCCC2. The molecule has 3 aromatic heterocycles. The molecule has 2 aromatic carbocycles. The number of carbonyl (C=O) groups excluding carboxylic acids is 2. The highest BCUT2D eigenvalue weighted by Crippen LogP contribution is 2.37. The summed E-state index contributed by atoms with van der Waals surface area (Å²) >= 11 is 14.7. The van der Waals surface area contributed by atoms with Gasteiger partial charge in [-0.25, -0.2) is 14.6 Å². The van der Waals surface area contributed by atoms with Gasteiger partial charge in [-0.05, 0) is 63.8 Å². The highest BCUT2D eigenvalue weighted by Gasteiger charge is 2.35. The van der Waals surface area contributed by atoms with Crippen LogP contribution in [0, 0.1) is 13.8 Å². The van der Waals surface area contributed by atoms with E-state index in [4.69, 9.17) is 23.2 Å². The monoisotopic (exact) mass is 786 g/mol. The number of nitrogens with one attached hydrogen (secondary N) is 2. The van der Waals surface area contributed by atoms with Crippen molar-refractivity contribution in [1.82, 2.24) is 30.2 Å². The van der Waals surface area contributed by atoms with E-state index in [1.165, 1.54) is 49.7 Å². The highest BCUT2D eigenvalue weighted by atomic mass is 35.5. The Labute approximate surface area is 319 Å². The van der Waals surface area contributed by atoms with Crippen LogP contribution in [0.3, 0.4) is 0 Å². The van der Waals surface area contributed by atoms with Crippen LogP contribution in [-0.2, 0) is 32.2 Å². The summed E-state index contributed by atoms with van der Waals surface area (Å²) < 4.78 is 12.7. The van der Waals surface area contributed by atoms with E-state index in [9.17, 15) is 19.5 Å². The largest absolute Gasteiger partial charge is 0.493 e. The van der Waals surface area contributed by atoms with E-state index >= 15 is 0 Å². The molecule has 12 nitrogen and oxygen atoms in total. The van der Waals surface area contributed by atoms with Crippen LogP contribution in [0.25, 0.3) is 32.4 Å². The summed E-state index contributed by atoms with van der Waals surface area (Å²) in [4.78, 5) is 47.2. The van der Waals surface area contributed by atoms with Gasteiger partial charge in [0.15, 0.2) is 5.92 Å². The molecule has 5 heterocycles. The lowest BCUT2D eigenvalue weighted by Gasteiger charge is -2.16. The van der Waals surface area contributed by atoms with Gasteiger partial charge in [0.1, 0.15) is 15.6 Å². The average Bonchev–Trinajstić information content (AvgIpc) is 3.82. The number of hydrogen-bond donors (Lipinski definition) is 3. The van der Waals surface area contributed by atoms with E-state index in [1.54, 1.807) is 28.4 Å². The molecule has 2 aliphatic rings. The Kier molecular flexibility index (Phi) is 13.7. The molecule has 0 aliphatic carbocycles. The second kappa shape index (κ2) is 18.1. The van der Waals surface area contributed by atoms with Gasteiger partial charge in [-0.3, -0.25) is 29.9 Å². The molecule has 0 unspecified atom stereocenters. The first-order valence-corrected chi connectivity index (χ1v) is 19.0. The van der Waals surface area contributed by atoms with Crippen molar-refractivity contribution >= 4 is 57.8 Å². The van der Waals surface area contributed by atoms with Crippen LogP contribution in [0.5, 0.6) is 5.88 Å². The molecule has 16 heteroatoms. The van der Waals surface area contributed by atoms with Gasteiger partial charge in [0.2, 0.25) is 5.88 Å². The summed E-state index contributed by atoms with van der Waals surface area (Å²) in [6.07, 6.45) is 4.57. The van der Waals surface area contributed by atoms with E-state index < -0.39 is 17.9 Å². The second-order valence-corrected chi connectivity index (χ2v) is 15.2. The van der Waals surface area contributed by atoms with Gasteiger partial charge in [0, 0.05) is 57.1 Å². The molecular weight excluding hydrogens is 747 g/mol. The average molecular weight is 788 g/mol. The molecule has 0 radical (unpaired) electrons. The van der Waals surface area contributed by atoms with E-state index in [-0.39, 0.29) is 11.4 Å². The molecule has 0 saturated carbocycles. The first-order valence-electron chi connectivity index (χ1n) is 16.6. The quantitative estimate of drug-likeness (QED) is 0.122. The predicted molar refractivity (Wildman–Crippen MR) is 205 cm³/mol. The number of aromatic hydroxyl groups is 1. The molecule has 1 fully saturated rings. The molecule has 0 atom stereocenters. The molecule has 0 amide bonds. The maximum atomic E-state index is 12.7. The van der Waals surface area contributed by atoms with Crippen LogP contribution in [0.4, 0.5) is 0 Å². The molecule has 52 heavy (non-hydrogen) atoms. The number of fused-ring (bicyclic) bond motifs is 1. The fourth-order valence-corrected chi connectivity index (χ4v) is 7.79. The third-order valence-electron chi connectivity index (χ3n) is 8.37. The summed E-state index contributed by atoms with van der Waals surface area (Å²) in [5, 5.41) is 13.3. The Balaban J connectivity index is 0.000000174. The van der Waals surface area contributed by atoms with E-state index in [2.05, 4.69) is 30.3 Å². The lowest BCUT2D eigenvalue weighted by molar-refractivity contribution is -0.154. The zero-order chi connectivity index (χ0) is 37.4. The number of aryl methyl sites for hydroxylation is 2. The van der Waals surface area contributed by atoms with Crippen molar-refractivity contribution in [2.45, 2.75) is 58.5 Å². The summed E-state index contributed by atoms with van der Waals surface area (Å²) in [7, 11) is 2.44. The van der Waals surface area contributed by atoms with Crippen molar-refractivity contribution in [1.29, 1.82) is 0 Å². The van der Waals surface area contributed by atoms with Crippen molar-refractivity contribution in [3.05, 3.63) is 84.4 Å². The molecule has 3 N–H and O–H groups in total. The third-order valence-corrected chi connectivity index (χ3v) is 10.9. The summed E-state index contributed by atoms with van der Waals surface area (Å²) in [5.74, 6) is -2.53. The minimum Gasteiger partial charge on any atom is -0.493 e. The van der Waals surface area contributed by atoms with Gasteiger partial charge < -0.3 is 14.6 Å². The van der Waals surface area contributed by atoms with Crippen LogP contribution < -0.4 is 16.4 Å². The van der Waals surface area contributed by atoms with Crippen LogP contribution in [-0.4, -0.2) is 63.7 Å². The Morgan fingerprint density at radius 3 is 1.71 bits per heavy atom. The smallest absolute Gasteiger partial charge is 0.326 e. The maximum absolute atomic E-state index is 12.7. The fourth-order valence-electron chi connectivity index (χ4n) is 5.65. The van der Waals surface area contributed by atoms with Crippen molar-refractivity contribution in [3.8, 4) is 38.3 Å². The number of rotatable bonds is 6. The third kappa shape index (κ3) is 9.11. The van der Waals surface area contributed by atoms with Gasteiger partial charge in [0.05, 0.1) is 25.6 Å². The number of hydrogen-bond acceptors (Lipinski definition) is 12. The predicted octanol–water partition coefficient (Wildman–Crippen LogP) is 6.98. The maximum Gasteiger partial charge on any atom is 0.326 e. The lowest BCUT2D eigenvalue weighted by Crippen LogP contribution is -2.37. The minimum atomic E-state index is -1.17. The Morgan fingerprint density at radius 1 is 0.769 bits per heavy atom. The van der Waals surface area contributed by atoms with Gasteiger partial charge in [-0.2, -0.15) is 0 Å². The van der Waals surface area contributed by atoms with Crippen LogP contribution in [0.1, 0.15) is 47.0 Å². The summed E-state index contributed by atoms with van der Waals surface area (Å²) in [5.41, 5.74) is 8.95. The fraction of sp³-hybridized carbons (Fsp3) is 0.361. The molecule has 1 saturated heterocycles. The van der Waals surface area contributed by atoms with E-state index in [1.807, 2.05) is 43.3 Å². The van der Waals surface area contributed by atoms with Gasteiger partial charge in [-0.15, -0.1) is 22.7 Å². The highest BCUT2D eigenvalue weighted by molar-refractivity contribution is 7.15. The van der Waals surface area contributed by atoms with Crippen LogP contribution in [0.2, 0.25) is 10.0 Å². The number of halogens is 2. The van der Waals surface area contributed by atoms with E-state index in [0.717, 1.165) is 51.8 Å². The first kappa shape index (κ1) is 39.2. The van der Waals surface area contributed by atoms with Crippen molar-refractivity contribution < 1.29 is 24.2 Å². The zero-order valence-corrected chi connectivity index (χ0v) is 32.3. The van der Waals surface area contributed by atoms with Gasteiger partial charge in [0.25, 0.3) is 5.56 Å². The molecule has 7 rings (SSSR count). The number of hydrazine groups is 1. The summed E-state index contributed by atoms with van der Waals surface area (Å²) in [6.45, 7) is 7.30. The topological polar surface area (TPSA) is 150 Å². The number of methoxy groups -OCH3 is 2. The van der Waals surface area contributed by atoms with Crippen molar-refractivity contribution in [3.63, 3.8) is 0 Å². The normalized spacial score (nSPS) is 13.7. The minimum absolute atomic E-state index is 0.0238. The molecular formula is C36H40Cl2N6O6S2. The lowest BCUT2D eigenvalue weighted by atomic mass is 10.1. The molecule has 2 aliphatic heterocycles. The first-order chi connectivity index (χ1) is 25.0. The Morgan fingerprint density at radius 2 is 1.25 bits per heavy atom. The number of benzene rings is 2. The standard InChI is InChI=1S/C17H16ClN3O2S.C15H14ClNO4S.C4H10N2/c1-10-14(19-15(24-10)11-4-6-12(18)7-5-11)13-16(22)20-8-2-3-9-21(20)17(13)23;1-8-12(11(14(18)20-2)15(19)21-3)17-13(22-8)9-4-6-10(16)7-5-9;1-2-4-6-5-3-1/h4-7,22H,2-3,8-9H2,1H3;4-7,11H,1-3H3;5-6H,1-4H2. The number of thiazole rings is 2. The molecule has 5 aromatic rings. The Bertz CT molecular complexity index is 2020. The zero-order valence-electron chi connectivity index (χ0n) is 29.2. The van der Waals surface area contributed by atoms with Crippen molar-refractivity contribution in [2.24, 2.45) is 0 Å². The number of nitrogens with zero attached hydrogens (tertiary/aromatic N) is 4. The van der Waals surface area contributed by atoms with Gasteiger partial charge in [-0.1, -0.05) is 47.5 Å². The summed E-state index contributed by atoms with van der Waals surface area (Å²) in [6, 6.07) is 14.6. The van der Waals surface area contributed by atoms with E-state index in [0.29, 0.717) is 45.1 Å². The number of ether oxygens (including phenoxy) is 2. The molecule has 0 spiro atoms. The van der Waals surface area contributed by atoms with Crippen LogP contribution >= 0.6 is 45.9 Å².